The van der Waals surface area contributed by atoms with Gasteiger partial charge in [0.2, 0.25) is 5.91 Å². The van der Waals surface area contributed by atoms with E-state index in [-0.39, 0.29) is 11.7 Å². The maximum atomic E-state index is 13.0. The second-order valence-electron chi connectivity index (χ2n) is 3.51. The van der Waals surface area contributed by atoms with Crippen molar-refractivity contribution in [1.82, 2.24) is 4.98 Å². The van der Waals surface area contributed by atoms with Crippen LogP contribution >= 0.6 is 11.3 Å². The molecule has 0 unspecified atom stereocenters. The molecular formula is C13H11FN2OS. The fourth-order valence-electron chi connectivity index (χ4n) is 1.35. The number of carbonyl (C=O) groups is 1. The molecular weight excluding hydrogens is 251 g/mol. The first-order valence-electron chi connectivity index (χ1n) is 5.35. The molecule has 0 fully saturated rings. The minimum atomic E-state index is -0.308. The van der Waals surface area contributed by atoms with Gasteiger partial charge in [0.05, 0.1) is 10.2 Å². The Balaban J connectivity index is 2.14. The molecule has 0 aliphatic carbocycles. The Labute approximate surface area is 108 Å². The van der Waals surface area contributed by atoms with Crippen LogP contribution in [-0.4, -0.2) is 10.9 Å². The molecule has 1 aromatic heterocycles. The molecule has 2 aromatic rings. The Hall–Kier alpha value is -2.01. The first-order chi connectivity index (χ1) is 8.69. The lowest BCUT2D eigenvalue weighted by Crippen LogP contribution is -2.06. The van der Waals surface area contributed by atoms with Crippen molar-refractivity contribution in [2.75, 3.05) is 5.32 Å². The molecule has 0 atom stereocenters. The molecule has 5 heteroatoms. The minimum absolute atomic E-state index is 0.257. The summed E-state index contributed by atoms with van der Waals surface area (Å²) < 4.78 is 13.7. The highest BCUT2D eigenvalue weighted by atomic mass is 32.1. The maximum absolute atomic E-state index is 13.0. The lowest BCUT2D eigenvalue weighted by Gasteiger charge is -1.93. The smallest absolute Gasteiger partial charge is 0.250 e. The van der Waals surface area contributed by atoms with E-state index in [4.69, 9.17) is 0 Å². The number of carbonyl (C=O) groups excluding carboxylic acids is 1. The highest BCUT2D eigenvalue weighted by molar-refractivity contribution is 7.22. The van der Waals surface area contributed by atoms with Crippen LogP contribution in [0.25, 0.3) is 10.2 Å². The number of benzene rings is 1. The van der Waals surface area contributed by atoms with E-state index in [1.807, 2.05) is 13.0 Å². The van der Waals surface area contributed by atoms with Crippen molar-refractivity contribution in [1.29, 1.82) is 0 Å². The van der Waals surface area contributed by atoms with Gasteiger partial charge in [0.1, 0.15) is 5.82 Å². The third-order valence-electron chi connectivity index (χ3n) is 2.13. The second-order valence-corrected chi connectivity index (χ2v) is 4.54. The van der Waals surface area contributed by atoms with E-state index in [0.717, 1.165) is 0 Å². The van der Waals surface area contributed by atoms with Gasteiger partial charge in [0.15, 0.2) is 5.13 Å². The van der Waals surface area contributed by atoms with Crippen LogP contribution in [-0.2, 0) is 4.79 Å². The van der Waals surface area contributed by atoms with Crippen LogP contribution in [0.2, 0.25) is 0 Å². The molecule has 1 N–H and O–H groups in total. The zero-order chi connectivity index (χ0) is 13.0. The zero-order valence-corrected chi connectivity index (χ0v) is 10.5. The number of rotatable bonds is 3. The first-order valence-corrected chi connectivity index (χ1v) is 6.17. The number of amides is 1. The Morgan fingerprint density at radius 2 is 2.28 bits per heavy atom. The van der Waals surface area contributed by atoms with Gasteiger partial charge < -0.3 is 0 Å². The van der Waals surface area contributed by atoms with Crippen LogP contribution in [0.5, 0.6) is 0 Å². The Morgan fingerprint density at radius 3 is 3.06 bits per heavy atom. The normalized spacial score (nSPS) is 11.7. The average Bonchev–Trinajstić information content (AvgIpc) is 2.70. The summed E-state index contributed by atoms with van der Waals surface area (Å²) in [7, 11) is 0. The van der Waals surface area contributed by atoms with Gasteiger partial charge in [-0.3, -0.25) is 10.1 Å². The van der Waals surface area contributed by atoms with Crippen molar-refractivity contribution in [2.45, 2.75) is 6.92 Å². The number of aromatic nitrogens is 1. The molecule has 92 valence electrons. The van der Waals surface area contributed by atoms with Crippen LogP contribution < -0.4 is 5.32 Å². The quantitative estimate of drug-likeness (QED) is 0.679. The van der Waals surface area contributed by atoms with Crippen LogP contribution in [0.4, 0.5) is 9.52 Å². The molecule has 2 rings (SSSR count). The minimum Gasteiger partial charge on any atom is -0.298 e. The number of fused-ring (bicyclic) bond motifs is 1. The summed E-state index contributed by atoms with van der Waals surface area (Å²) in [5.41, 5.74) is 0.675. The van der Waals surface area contributed by atoms with E-state index in [2.05, 4.69) is 10.3 Å². The number of nitrogens with zero attached hydrogens (tertiary/aromatic N) is 1. The van der Waals surface area contributed by atoms with Gasteiger partial charge in [-0.1, -0.05) is 29.6 Å². The number of anilines is 1. The second kappa shape index (κ2) is 5.55. The molecule has 1 aromatic carbocycles. The van der Waals surface area contributed by atoms with E-state index in [1.54, 1.807) is 18.2 Å². The predicted octanol–water partition coefficient (Wildman–Crippen LogP) is 3.51. The molecule has 18 heavy (non-hydrogen) atoms. The number of nitrogens with one attached hydrogen (secondary N) is 1. The standard InChI is InChI=1S/C13H11FN2OS/c1-2-3-4-5-12(17)16-13-15-10-7-6-9(14)8-11(10)18-13/h2-8H,1H3,(H,15,16,17)/b3-2+,5-4+. The van der Waals surface area contributed by atoms with Gasteiger partial charge in [-0.05, 0) is 25.1 Å². The maximum Gasteiger partial charge on any atom is 0.250 e. The molecule has 0 radical (unpaired) electrons. The molecule has 0 aliphatic rings. The van der Waals surface area contributed by atoms with E-state index in [9.17, 15) is 9.18 Å². The van der Waals surface area contributed by atoms with E-state index < -0.39 is 0 Å². The van der Waals surface area contributed by atoms with E-state index in [0.29, 0.717) is 15.3 Å². The number of hydrogen-bond acceptors (Lipinski definition) is 3. The predicted molar refractivity (Wildman–Crippen MR) is 72.2 cm³/mol. The zero-order valence-electron chi connectivity index (χ0n) is 9.68. The van der Waals surface area contributed by atoms with Crippen molar-refractivity contribution < 1.29 is 9.18 Å². The van der Waals surface area contributed by atoms with Crippen molar-refractivity contribution in [3.63, 3.8) is 0 Å². The van der Waals surface area contributed by atoms with E-state index in [1.165, 1.54) is 29.5 Å². The fraction of sp³-hybridized carbons (Fsp3) is 0.0769. The summed E-state index contributed by atoms with van der Waals surface area (Å²) >= 11 is 1.24. The van der Waals surface area contributed by atoms with Gasteiger partial charge in [-0.2, -0.15) is 0 Å². The number of hydrogen-bond donors (Lipinski definition) is 1. The first kappa shape index (κ1) is 12.4. The highest BCUT2D eigenvalue weighted by Crippen LogP contribution is 2.26. The third-order valence-corrected chi connectivity index (χ3v) is 3.07. The summed E-state index contributed by atoms with van der Waals surface area (Å²) in [4.78, 5) is 15.7. The topological polar surface area (TPSA) is 42.0 Å². The van der Waals surface area contributed by atoms with Crippen LogP contribution in [0.15, 0.2) is 42.5 Å². The molecule has 0 spiro atoms. The van der Waals surface area contributed by atoms with Gasteiger partial charge in [-0.15, -0.1) is 0 Å². The molecule has 0 bridgehead atoms. The SMILES string of the molecule is C/C=C/C=C/C(=O)Nc1nc2ccc(F)cc2s1. The summed E-state index contributed by atoms with van der Waals surface area (Å²) in [6, 6.07) is 4.34. The van der Waals surface area contributed by atoms with Gasteiger partial charge in [0.25, 0.3) is 0 Å². The molecule has 1 heterocycles. The van der Waals surface area contributed by atoms with Gasteiger partial charge in [0, 0.05) is 6.08 Å². The summed E-state index contributed by atoms with van der Waals surface area (Å²) in [6.07, 6.45) is 6.63. The number of halogens is 1. The largest absolute Gasteiger partial charge is 0.298 e. The molecule has 0 saturated heterocycles. The third kappa shape index (κ3) is 3.01. The van der Waals surface area contributed by atoms with Crippen molar-refractivity contribution >= 4 is 32.6 Å². The fourth-order valence-corrected chi connectivity index (χ4v) is 2.25. The van der Waals surface area contributed by atoms with Crippen molar-refractivity contribution in [3.05, 3.63) is 48.3 Å². The number of thiazole rings is 1. The highest BCUT2D eigenvalue weighted by Gasteiger charge is 2.06. The lowest BCUT2D eigenvalue weighted by molar-refractivity contribution is -0.111. The Morgan fingerprint density at radius 1 is 1.44 bits per heavy atom. The molecule has 1 amide bonds. The number of allylic oxidation sites excluding steroid dienone is 3. The molecule has 0 saturated carbocycles. The average molecular weight is 262 g/mol. The Kier molecular flexibility index (Phi) is 3.84. The monoisotopic (exact) mass is 262 g/mol. The van der Waals surface area contributed by atoms with Crippen LogP contribution in [0.3, 0.4) is 0 Å². The molecule has 0 aliphatic heterocycles. The van der Waals surface area contributed by atoms with Gasteiger partial charge in [-0.25, -0.2) is 9.37 Å². The van der Waals surface area contributed by atoms with E-state index >= 15 is 0 Å². The summed E-state index contributed by atoms with van der Waals surface area (Å²) in [5, 5.41) is 3.10. The van der Waals surface area contributed by atoms with Crippen molar-refractivity contribution in [3.8, 4) is 0 Å². The summed E-state index contributed by atoms with van der Waals surface area (Å²) in [6.45, 7) is 1.87. The van der Waals surface area contributed by atoms with Gasteiger partial charge >= 0.3 is 0 Å². The molecule has 3 nitrogen and oxygen atoms in total. The van der Waals surface area contributed by atoms with Crippen molar-refractivity contribution in [2.24, 2.45) is 0 Å². The Bertz CT molecular complexity index is 631. The summed E-state index contributed by atoms with van der Waals surface area (Å²) in [5.74, 6) is -0.565. The van der Waals surface area contributed by atoms with Crippen LogP contribution in [0, 0.1) is 5.82 Å². The lowest BCUT2D eigenvalue weighted by atomic mass is 10.3. The van der Waals surface area contributed by atoms with Crippen LogP contribution in [0.1, 0.15) is 6.92 Å².